The molecule has 2 aromatic carbocycles. The fourth-order valence-corrected chi connectivity index (χ4v) is 2.21. The molecule has 2 heteroatoms. The Balaban J connectivity index is 0.00000162. The van der Waals surface area contributed by atoms with Crippen molar-refractivity contribution < 1.29 is 0 Å². The van der Waals surface area contributed by atoms with Crippen LogP contribution in [0.4, 0.5) is 0 Å². The van der Waals surface area contributed by atoms with E-state index in [4.69, 9.17) is 0 Å². The zero-order valence-electron chi connectivity index (χ0n) is 11.0. The summed E-state index contributed by atoms with van der Waals surface area (Å²) >= 11 is 0. The maximum Gasteiger partial charge on any atom is 0.0217 e. The molecule has 0 fully saturated rings. The summed E-state index contributed by atoms with van der Waals surface area (Å²) < 4.78 is 0. The molecule has 0 unspecified atom stereocenters. The van der Waals surface area contributed by atoms with Gasteiger partial charge in [0.1, 0.15) is 0 Å². The van der Waals surface area contributed by atoms with Crippen LogP contribution >= 0.6 is 12.4 Å². The summed E-state index contributed by atoms with van der Waals surface area (Å²) in [5, 5.41) is 6.07. The highest BCUT2D eigenvalue weighted by molar-refractivity contribution is 5.87. The van der Waals surface area contributed by atoms with Gasteiger partial charge in [0, 0.05) is 13.1 Å². The number of aryl methyl sites for hydroxylation is 1. The lowest BCUT2D eigenvalue weighted by molar-refractivity contribution is 0.760. The lowest BCUT2D eigenvalue weighted by Gasteiger charge is -2.13. The van der Waals surface area contributed by atoms with Crippen molar-refractivity contribution in [1.29, 1.82) is 0 Å². The van der Waals surface area contributed by atoms with E-state index in [2.05, 4.69) is 56.1 Å². The van der Waals surface area contributed by atoms with E-state index < -0.39 is 0 Å². The molecule has 0 saturated heterocycles. The number of nitrogens with one attached hydrogen (secondary N) is 1. The van der Waals surface area contributed by atoms with Crippen LogP contribution in [0.25, 0.3) is 10.8 Å². The zero-order chi connectivity index (χ0) is 12.3. The first kappa shape index (κ1) is 14.7. The maximum absolute atomic E-state index is 3.73. The van der Waals surface area contributed by atoms with Gasteiger partial charge in [-0.05, 0) is 41.3 Å². The van der Waals surface area contributed by atoms with Crippen LogP contribution in [0, 0.1) is 13.8 Å². The third-order valence-corrected chi connectivity index (χ3v) is 3.29. The molecule has 0 spiro atoms. The lowest BCUT2D eigenvalue weighted by atomic mass is 9.95. The van der Waals surface area contributed by atoms with Gasteiger partial charge in [0.15, 0.2) is 0 Å². The molecular weight excluding hydrogens is 242 g/mol. The normalized spacial score (nSPS) is 10.1. The molecule has 1 N–H and O–H groups in total. The average Bonchev–Trinajstić information content (AvgIpc) is 2.34. The fourth-order valence-electron chi connectivity index (χ4n) is 2.21. The van der Waals surface area contributed by atoms with Crippen molar-refractivity contribution in [3.8, 4) is 0 Å². The summed E-state index contributed by atoms with van der Waals surface area (Å²) in [5.41, 5.74) is 4.15. The van der Waals surface area contributed by atoms with E-state index in [0.717, 1.165) is 13.1 Å². The second kappa shape index (κ2) is 6.58. The SMILES string of the molecule is C=CCNCc1c(C)c(C)cc2ccccc12.Cl. The van der Waals surface area contributed by atoms with Crippen molar-refractivity contribution >= 4 is 23.2 Å². The lowest BCUT2D eigenvalue weighted by Crippen LogP contribution is -2.14. The molecule has 0 atom stereocenters. The van der Waals surface area contributed by atoms with Crippen molar-refractivity contribution in [3.05, 3.63) is 59.7 Å². The fraction of sp³-hybridized carbons (Fsp3) is 0.250. The highest BCUT2D eigenvalue weighted by Crippen LogP contribution is 2.25. The molecule has 0 heterocycles. The Kier molecular flexibility index (Phi) is 5.39. The van der Waals surface area contributed by atoms with Crippen molar-refractivity contribution in [3.63, 3.8) is 0 Å². The summed E-state index contributed by atoms with van der Waals surface area (Å²) in [6.07, 6.45) is 1.90. The average molecular weight is 262 g/mol. The summed E-state index contributed by atoms with van der Waals surface area (Å²) in [5.74, 6) is 0. The first-order chi connectivity index (χ1) is 8.24. The Labute approximate surface area is 115 Å². The van der Waals surface area contributed by atoms with Crippen LogP contribution in [0.5, 0.6) is 0 Å². The molecule has 0 aliphatic rings. The molecular formula is C16H20ClN. The molecule has 2 aromatic rings. The van der Waals surface area contributed by atoms with Gasteiger partial charge < -0.3 is 5.32 Å². The molecule has 0 aliphatic heterocycles. The Morgan fingerprint density at radius 3 is 2.67 bits per heavy atom. The summed E-state index contributed by atoms with van der Waals surface area (Å²) in [4.78, 5) is 0. The minimum Gasteiger partial charge on any atom is -0.309 e. The number of fused-ring (bicyclic) bond motifs is 1. The molecule has 0 saturated carbocycles. The van der Waals surface area contributed by atoms with Gasteiger partial charge in [-0.2, -0.15) is 0 Å². The van der Waals surface area contributed by atoms with Crippen molar-refractivity contribution in [2.45, 2.75) is 20.4 Å². The van der Waals surface area contributed by atoms with E-state index in [1.54, 1.807) is 0 Å². The van der Waals surface area contributed by atoms with Crippen molar-refractivity contribution in [2.75, 3.05) is 6.54 Å². The molecule has 0 aromatic heterocycles. The third-order valence-electron chi connectivity index (χ3n) is 3.29. The standard InChI is InChI=1S/C16H19N.ClH/c1-4-9-17-11-16-13(3)12(2)10-14-7-5-6-8-15(14)16;/h4-8,10,17H,1,9,11H2,2-3H3;1H. The summed E-state index contributed by atoms with van der Waals surface area (Å²) in [6.45, 7) is 9.86. The molecule has 18 heavy (non-hydrogen) atoms. The molecule has 0 radical (unpaired) electrons. The van der Waals surface area contributed by atoms with Gasteiger partial charge in [-0.1, -0.05) is 36.4 Å². The number of hydrogen-bond acceptors (Lipinski definition) is 1. The molecule has 0 amide bonds. The molecule has 0 aliphatic carbocycles. The Hall–Kier alpha value is -1.31. The number of halogens is 1. The highest BCUT2D eigenvalue weighted by atomic mass is 35.5. The predicted molar refractivity (Wildman–Crippen MR) is 82.6 cm³/mol. The van der Waals surface area contributed by atoms with E-state index in [0.29, 0.717) is 0 Å². The van der Waals surface area contributed by atoms with E-state index in [-0.39, 0.29) is 12.4 Å². The zero-order valence-corrected chi connectivity index (χ0v) is 11.8. The maximum atomic E-state index is 3.73. The Bertz CT molecular complexity index is 546. The van der Waals surface area contributed by atoms with Gasteiger partial charge in [0.05, 0.1) is 0 Å². The van der Waals surface area contributed by atoms with Crippen LogP contribution in [0.15, 0.2) is 43.0 Å². The summed E-state index contributed by atoms with van der Waals surface area (Å²) in [7, 11) is 0. The Morgan fingerprint density at radius 2 is 1.94 bits per heavy atom. The molecule has 96 valence electrons. The second-order valence-electron chi connectivity index (χ2n) is 4.44. The number of rotatable bonds is 4. The molecule has 0 bridgehead atoms. The van der Waals surface area contributed by atoms with E-state index >= 15 is 0 Å². The first-order valence-corrected chi connectivity index (χ1v) is 6.03. The van der Waals surface area contributed by atoms with Crippen LogP contribution in [0.3, 0.4) is 0 Å². The van der Waals surface area contributed by atoms with Crippen LogP contribution in [-0.4, -0.2) is 6.54 Å². The van der Waals surface area contributed by atoms with Crippen LogP contribution in [0.2, 0.25) is 0 Å². The topological polar surface area (TPSA) is 12.0 Å². The molecule has 2 rings (SSSR count). The monoisotopic (exact) mass is 261 g/mol. The van der Waals surface area contributed by atoms with Gasteiger partial charge >= 0.3 is 0 Å². The third kappa shape index (κ3) is 2.92. The van der Waals surface area contributed by atoms with Gasteiger partial charge in [-0.3, -0.25) is 0 Å². The van der Waals surface area contributed by atoms with Crippen LogP contribution in [-0.2, 0) is 6.54 Å². The minimum atomic E-state index is 0. The van der Waals surface area contributed by atoms with E-state index in [1.807, 2.05) is 6.08 Å². The van der Waals surface area contributed by atoms with Gasteiger partial charge in [-0.15, -0.1) is 19.0 Å². The highest BCUT2D eigenvalue weighted by Gasteiger charge is 2.06. The first-order valence-electron chi connectivity index (χ1n) is 6.03. The summed E-state index contributed by atoms with van der Waals surface area (Å²) in [6, 6.07) is 10.8. The van der Waals surface area contributed by atoms with Gasteiger partial charge in [-0.25, -0.2) is 0 Å². The van der Waals surface area contributed by atoms with Gasteiger partial charge in [0.2, 0.25) is 0 Å². The predicted octanol–water partition coefficient (Wildman–Crippen LogP) is 4.15. The number of benzene rings is 2. The van der Waals surface area contributed by atoms with Crippen LogP contribution in [0.1, 0.15) is 16.7 Å². The van der Waals surface area contributed by atoms with Gasteiger partial charge in [0.25, 0.3) is 0 Å². The van der Waals surface area contributed by atoms with Crippen LogP contribution < -0.4 is 5.32 Å². The molecule has 1 nitrogen and oxygen atoms in total. The van der Waals surface area contributed by atoms with Crippen molar-refractivity contribution in [1.82, 2.24) is 5.32 Å². The largest absolute Gasteiger partial charge is 0.309 e. The van der Waals surface area contributed by atoms with E-state index in [1.165, 1.54) is 27.5 Å². The minimum absolute atomic E-state index is 0. The second-order valence-corrected chi connectivity index (χ2v) is 4.44. The quantitative estimate of drug-likeness (QED) is 0.644. The van der Waals surface area contributed by atoms with Crippen molar-refractivity contribution in [2.24, 2.45) is 0 Å². The number of hydrogen-bond donors (Lipinski definition) is 1. The Morgan fingerprint density at radius 1 is 1.22 bits per heavy atom. The van der Waals surface area contributed by atoms with E-state index in [9.17, 15) is 0 Å². The smallest absolute Gasteiger partial charge is 0.0217 e.